The summed E-state index contributed by atoms with van der Waals surface area (Å²) in [6.07, 6.45) is 8.96. The van der Waals surface area contributed by atoms with Crippen LogP contribution in [0.4, 0.5) is 5.69 Å². The second kappa shape index (κ2) is 7.65. The summed E-state index contributed by atoms with van der Waals surface area (Å²) in [5.41, 5.74) is 5.26. The molecule has 0 saturated carbocycles. The van der Waals surface area contributed by atoms with Crippen molar-refractivity contribution in [2.75, 3.05) is 4.90 Å². The molecule has 0 N–H and O–H groups in total. The Hall–Kier alpha value is -2.46. The molecule has 3 nitrogen and oxygen atoms in total. The van der Waals surface area contributed by atoms with Gasteiger partial charge in [-0.1, -0.05) is 35.6 Å². The minimum absolute atomic E-state index is 0.0130. The summed E-state index contributed by atoms with van der Waals surface area (Å²) in [7, 11) is 0. The van der Waals surface area contributed by atoms with Gasteiger partial charge in [0.15, 0.2) is 0 Å². The third-order valence-electron chi connectivity index (χ3n) is 5.28. The first-order chi connectivity index (χ1) is 13.2. The Morgan fingerprint density at radius 2 is 1.93 bits per heavy atom. The fourth-order valence-electron chi connectivity index (χ4n) is 3.94. The van der Waals surface area contributed by atoms with Crippen molar-refractivity contribution in [1.29, 1.82) is 0 Å². The molecule has 1 aliphatic carbocycles. The molecule has 0 radical (unpaired) electrons. The van der Waals surface area contributed by atoms with Gasteiger partial charge >= 0.3 is 0 Å². The number of amides is 1. The number of aryl methyl sites for hydroxylation is 3. The molecule has 0 atom stereocenters. The van der Waals surface area contributed by atoms with E-state index in [0.29, 0.717) is 0 Å². The number of hydrogen-bond donors (Lipinski definition) is 0. The van der Waals surface area contributed by atoms with E-state index in [1.54, 1.807) is 11.8 Å². The van der Waals surface area contributed by atoms with Crippen LogP contribution in [0.1, 0.15) is 42.8 Å². The number of nitrogens with zero attached hydrogens (tertiary/aromatic N) is 2. The number of benzene rings is 2. The SMILES string of the molecule is CC[n+]1c(/C=C/N(C(C)=O)c2ccccc2)sc2c3c(ccc21)CCCC3. The Balaban J connectivity index is 1.76. The van der Waals surface area contributed by atoms with Crippen molar-refractivity contribution in [3.8, 4) is 0 Å². The van der Waals surface area contributed by atoms with E-state index in [2.05, 4.69) is 29.7 Å². The van der Waals surface area contributed by atoms with Crippen molar-refractivity contribution in [1.82, 2.24) is 0 Å². The third-order valence-corrected chi connectivity index (χ3v) is 6.50. The summed E-state index contributed by atoms with van der Waals surface area (Å²) in [5.74, 6) is 0.0130. The molecule has 0 bridgehead atoms. The molecule has 138 valence electrons. The van der Waals surface area contributed by atoms with Crippen LogP contribution in [0.5, 0.6) is 0 Å². The van der Waals surface area contributed by atoms with Gasteiger partial charge in [-0.15, -0.1) is 0 Å². The summed E-state index contributed by atoms with van der Waals surface area (Å²) in [6, 6.07) is 14.4. The Kier molecular flexibility index (Phi) is 5.08. The van der Waals surface area contributed by atoms with Gasteiger partial charge in [0.2, 0.25) is 11.4 Å². The fraction of sp³-hybridized carbons (Fsp3) is 0.304. The summed E-state index contributed by atoms with van der Waals surface area (Å²) in [6.45, 7) is 4.71. The van der Waals surface area contributed by atoms with E-state index in [1.807, 2.05) is 47.9 Å². The largest absolute Gasteiger partial charge is 0.288 e. The van der Waals surface area contributed by atoms with E-state index < -0.39 is 0 Å². The Bertz CT molecular complexity index is 1000. The summed E-state index contributed by atoms with van der Waals surface area (Å²) < 4.78 is 3.78. The molecule has 0 aliphatic heterocycles. The minimum Gasteiger partial charge on any atom is -0.288 e. The lowest BCUT2D eigenvalue weighted by molar-refractivity contribution is -0.665. The number of carbonyl (C=O) groups is 1. The molecular formula is C23H25N2OS+. The molecule has 1 amide bonds. The molecule has 4 heteroatoms. The van der Waals surface area contributed by atoms with Gasteiger partial charge in [0, 0.05) is 31.0 Å². The maximum atomic E-state index is 12.2. The van der Waals surface area contributed by atoms with Crippen LogP contribution in [-0.2, 0) is 24.2 Å². The molecule has 0 fully saturated rings. The predicted molar refractivity (Wildman–Crippen MR) is 113 cm³/mol. The molecule has 4 rings (SSSR count). The average molecular weight is 378 g/mol. The Morgan fingerprint density at radius 3 is 2.67 bits per heavy atom. The average Bonchev–Trinajstić information content (AvgIpc) is 3.06. The smallest absolute Gasteiger partial charge is 0.264 e. The molecule has 3 aromatic rings. The van der Waals surface area contributed by atoms with Gasteiger partial charge in [-0.05, 0) is 55.9 Å². The normalized spacial score (nSPS) is 13.9. The van der Waals surface area contributed by atoms with Crippen molar-refractivity contribution in [2.45, 2.75) is 46.1 Å². The van der Waals surface area contributed by atoms with Crippen LogP contribution in [0, 0.1) is 0 Å². The van der Waals surface area contributed by atoms with Crippen molar-refractivity contribution >= 4 is 39.2 Å². The first kappa shape index (κ1) is 17.9. The first-order valence-electron chi connectivity index (χ1n) is 9.69. The van der Waals surface area contributed by atoms with E-state index >= 15 is 0 Å². The molecule has 0 unspecified atom stereocenters. The highest BCUT2D eigenvalue weighted by Crippen LogP contribution is 2.32. The number of rotatable bonds is 4. The van der Waals surface area contributed by atoms with Gasteiger partial charge < -0.3 is 0 Å². The number of aromatic nitrogens is 1. The van der Waals surface area contributed by atoms with Crippen molar-refractivity contribution < 1.29 is 9.36 Å². The van der Waals surface area contributed by atoms with Crippen LogP contribution < -0.4 is 9.47 Å². The van der Waals surface area contributed by atoms with E-state index in [1.165, 1.54) is 52.0 Å². The zero-order valence-electron chi connectivity index (χ0n) is 15.9. The maximum Gasteiger partial charge on any atom is 0.264 e. The molecule has 0 spiro atoms. The summed E-state index contributed by atoms with van der Waals surface area (Å²) in [4.78, 5) is 13.9. The van der Waals surface area contributed by atoms with Crippen LogP contribution in [0.3, 0.4) is 0 Å². The highest BCUT2D eigenvalue weighted by atomic mass is 32.1. The minimum atomic E-state index is 0.0130. The molecule has 1 aliphatic rings. The first-order valence-corrected chi connectivity index (χ1v) is 10.5. The third kappa shape index (κ3) is 3.42. The topological polar surface area (TPSA) is 24.2 Å². The van der Waals surface area contributed by atoms with E-state index in [0.717, 1.165) is 12.2 Å². The second-order valence-corrected chi connectivity index (χ2v) is 8.01. The van der Waals surface area contributed by atoms with Crippen LogP contribution >= 0.6 is 11.3 Å². The van der Waals surface area contributed by atoms with Crippen LogP contribution in [-0.4, -0.2) is 5.91 Å². The van der Waals surface area contributed by atoms with Gasteiger partial charge in [-0.2, -0.15) is 4.57 Å². The van der Waals surface area contributed by atoms with Gasteiger partial charge in [-0.25, -0.2) is 0 Å². The molecule has 1 heterocycles. The van der Waals surface area contributed by atoms with Crippen LogP contribution in [0.2, 0.25) is 0 Å². The number of carbonyl (C=O) groups excluding carboxylic acids is 1. The van der Waals surface area contributed by atoms with Gasteiger partial charge in [0.25, 0.3) is 5.01 Å². The van der Waals surface area contributed by atoms with Gasteiger partial charge in [0.1, 0.15) is 11.2 Å². The maximum absolute atomic E-state index is 12.2. The lowest BCUT2D eigenvalue weighted by Gasteiger charge is -2.15. The fourth-order valence-corrected chi connectivity index (χ4v) is 5.25. The van der Waals surface area contributed by atoms with Gasteiger partial charge in [0.05, 0.1) is 0 Å². The Morgan fingerprint density at radius 1 is 1.15 bits per heavy atom. The van der Waals surface area contributed by atoms with Crippen molar-refractivity contribution in [3.05, 3.63) is 64.8 Å². The summed E-state index contributed by atoms with van der Waals surface area (Å²) >= 11 is 1.85. The number of hydrogen-bond acceptors (Lipinski definition) is 2. The van der Waals surface area contributed by atoms with Crippen molar-refractivity contribution in [2.24, 2.45) is 0 Å². The highest BCUT2D eigenvalue weighted by molar-refractivity contribution is 7.19. The van der Waals surface area contributed by atoms with Crippen molar-refractivity contribution in [3.63, 3.8) is 0 Å². The van der Waals surface area contributed by atoms with Crippen LogP contribution in [0.25, 0.3) is 16.3 Å². The van der Waals surface area contributed by atoms with E-state index in [9.17, 15) is 4.79 Å². The quantitative estimate of drug-likeness (QED) is 0.580. The molecular weight excluding hydrogens is 352 g/mol. The van der Waals surface area contributed by atoms with Gasteiger partial charge in [-0.3, -0.25) is 9.69 Å². The van der Waals surface area contributed by atoms with E-state index in [4.69, 9.17) is 0 Å². The summed E-state index contributed by atoms with van der Waals surface area (Å²) in [5, 5.41) is 1.19. The number of anilines is 1. The zero-order valence-corrected chi connectivity index (χ0v) is 16.8. The number of para-hydroxylation sites is 1. The second-order valence-electron chi connectivity index (χ2n) is 6.98. The predicted octanol–water partition coefficient (Wildman–Crippen LogP) is 5.11. The molecule has 2 aromatic carbocycles. The number of fused-ring (bicyclic) bond motifs is 3. The Labute approximate surface area is 164 Å². The lowest BCUT2D eigenvalue weighted by Crippen LogP contribution is -2.33. The lowest BCUT2D eigenvalue weighted by atomic mass is 9.91. The highest BCUT2D eigenvalue weighted by Gasteiger charge is 2.23. The standard InChI is InChI=1S/C23H25N2OS/c1-3-24-21-14-13-18-9-7-8-12-20(18)23(21)27-22(24)15-16-25(17(2)26)19-10-5-4-6-11-19/h4-6,10-11,13-16H,3,7-9,12H2,1-2H3/q+1. The molecule has 27 heavy (non-hydrogen) atoms. The number of thiazole rings is 1. The molecule has 1 aromatic heterocycles. The monoisotopic (exact) mass is 377 g/mol. The molecule has 0 saturated heterocycles. The zero-order chi connectivity index (χ0) is 18.8. The van der Waals surface area contributed by atoms with Crippen LogP contribution in [0.15, 0.2) is 48.7 Å². The van der Waals surface area contributed by atoms with E-state index in [-0.39, 0.29) is 5.91 Å².